The van der Waals surface area contributed by atoms with Crippen LogP contribution in [0.1, 0.15) is 48.0 Å². The summed E-state index contributed by atoms with van der Waals surface area (Å²) in [5.41, 5.74) is 3.71. The highest BCUT2D eigenvalue weighted by molar-refractivity contribution is 7.05. The second-order valence-electron chi connectivity index (χ2n) is 4.71. The van der Waals surface area contributed by atoms with Gasteiger partial charge in [-0.3, -0.25) is 0 Å². The molecule has 0 aliphatic heterocycles. The summed E-state index contributed by atoms with van der Waals surface area (Å²) in [5.74, 6) is 0. The average Bonchev–Trinajstić information content (AvgIpc) is 2.86. The third kappa shape index (κ3) is 3.39. The maximum atomic E-state index is 4.14. The molecule has 0 spiro atoms. The van der Waals surface area contributed by atoms with Crippen molar-refractivity contribution in [2.45, 2.75) is 39.7 Å². The predicted molar refractivity (Wildman–Crippen MR) is 80.6 cm³/mol. The van der Waals surface area contributed by atoms with Gasteiger partial charge < -0.3 is 5.32 Å². The van der Waals surface area contributed by atoms with Gasteiger partial charge in [0.1, 0.15) is 0 Å². The van der Waals surface area contributed by atoms with Crippen molar-refractivity contribution < 1.29 is 0 Å². The molecule has 1 aromatic carbocycles. The molecule has 0 fully saturated rings. The Labute approximate surface area is 119 Å². The fourth-order valence-electron chi connectivity index (χ4n) is 2.15. The van der Waals surface area contributed by atoms with E-state index in [2.05, 4.69) is 53.0 Å². The number of aromatic nitrogens is 2. The molecular weight excluding hydrogens is 254 g/mol. The van der Waals surface area contributed by atoms with Crippen LogP contribution >= 0.6 is 11.5 Å². The van der Waals surface area contributed by atoms with E-state index in [1.807, 2.05) is 6.92 Å². The molecule has 1 N–H and O–H groups in total. The van der Waals surface area contributed by atoms with Crippen molar-refractivity contribution in [2.75, 3.05) is 6.54 Å². The fraction of sp³-hybridized carbons (Fsp3) is 0.467. The molecule has 2 rings (SSSR count). The first kappa shape index (κ1) is 14.2. The molecular formula is C15H21N3S. The van der Waals surface area contributed by atoms with Gasteiger partial charge in [0, 0.05) is 0 Å². The zero-order valence-corrected chi connectivity index (χ0v) is 12.6. The van der Waals surface area contributed by atoms with E-state index in [-0.39, 0.29) is 6.04 Å². The van der Waals surface area contributed by atoms with E-state index in [4.69, 9.17) is 0 Å². The van der Waals surface area contributed by atoms with Gasteiger partial charge in [0.25, 0.3) is 0 Å². The van der Waals surface area contributed by atoms with Gasteiger partial charge >= 0.3 is 0 Å². The lowest BCUT2D eigenvalue weighted by Gasteiger charge is -2.18. The van der Waals surface area contributed by atoms with Gasteiger partial charge in [-0.2, -0.15) is 0 Å². The first-order valence-corrected chi connectivity index (χ1v) is 7.64. The van der Waals surface area contributed by atoms with Crippen LogP contribution in [0.15, 0.2) is 24.3 Å². The van der Waals surface area contributed by atoms with Gasteiger partial charge in [-0.25, -0.2) is 0 Å². The molecule has 0 saturated heterocycles. The van der Waals surface area contributed by atoms with E-state index in [0.29, 0.717) is 0 Å². The van der Waals surface area contributed by atoms with Crippen LogP contribution in [0.2, 0.25) is 0 Å². The molecule has 0 saturated carbocycles. The second-order valence-corrected chi connectivity index (χ2v) is 5.49. The molecule has 1 unspecified atom stereocenters. The Morgan fingerprint density at radius 1 is 1.32 bits per heavy atom. The van der Waals surface area contributed by atoms with E-state index in [1.165, 1.54) is 27.5 Å². The lowest BCUT2D eigenvalue weighted by molar-refractivity contribution is 0.602. The summed E-state index contributed by atoms with van der Waals surface area (Å²) in [7, 11) is 0. The van der Waals surface area contributed by atoms with E-state index in [0.717, 1.165) is 25.1 Å². The quantitative estimate of drug-likeness (QED) is 0.877. The Balaban J connectivity index is 2.34. The fourth-order valence-corrected chi connectivity index (χ4v) is 2.89. The third-order valence-electron chi connectivity index (χ3n) is 3.24. The molecule has 2 aromatic rings. The minimum absolute atomic E-state index is 0.214. The molecule has 0 aliphatic rings. The summed E-state index contributed by atoms with van der Waals surface area (Å²) in [4.78, 5) is 1.22. The number of nitrogens with one attached hydrogen (secondary N) is 1. The lowest BCUT2D eigenvalue weighted by Crippen LogP contribution is -2.23. The van der Waals surface area contributed by atoms with Crippen LogP contribution in [0.4, 0.5) is 0 Å². The smallest absolute Gasteiger partial charge is 0.0776 e. The van der Waals surface area contributed by atoms with Crippen molar-refractivity contribution in [1.82, 2.24) is 14.9 Å². The van der Waals surface area contributed by atoms with Gasteiger partial charge in [0.15, 0.2) is 0 Å². The van der Waals surface area contributed by atoms with Crippen molar-refractivity contribution >= 4 is 11.5 Å². The summed E-state index contributed by atoms with van der Waals surface area (Å²) < 4.78 is 4.07. The first-order chi connectivity index (χ1) is 9.26. The number of aryl methyl sites for hydroxylation is 2. The summed E-state index contributed by atoms with van der Waals surface area (Å²) in [6.07, 6.45) is 2.18. The van der Waals surface area contributed by atoms with E-state index >= 15 is 0 Å². The highest BCUT2D eigenvalue weighted by Gasteiger charge is 2.18. The molecule has 0 aliphatic carbocycles. The Bertz CT molecular complexity index is 522. The van der Waals surface area contributed by atoms with Crippen LogP contribution in [0.3, 0.4) is 0 Å². The summed E-state index contributed by atoms with van der Waals surface area (Å²) in [5, 5.41) is 7.75. The SMILES string of the molecule is CCCNC(c1cccc(CC)c1)c1snnc1C. The topological polar surface area (TPSA) is 37.8 Å². The third-order valence-corrected chi connectivity index (χ3v) is 4.13. The predicted octanol–water partition coefficient (Wildman–Crippen LogP) is 3.50. The summed E-state index contributed by atoms with van der Waals surface area (Å²) >= 11 is 1.49. The monoisotopic (exact) mass is 275 g/mol. The maximum Gasteiger partial charge on any atom is 0.0776 e. The van der Waals surface area contributed by atoms with Gasteiger partial charge in [-0.15, -0.1) is 5.10 Å². The van der Waals surface area contributed by atoms with Crippen molar-refractivity contribution in [2.24, 2.45) is 0 Å². The van der Waals surface area contributed by atoms with Crippen LogP contribution in [0.5, 0.6) is 0 Å². The van der Waals surface area contributed by atoms with Crippen LogP contribution in [-0.2, 0) is 6.42 Å². The number of hydrogen-bond donors (Lipinski definition) is 1. The normalized spacial score (nSPS) is 12.6. The van der Waals surface area contributed by atoms with Gasteiger partial charge in [-0.1, -0.05) is 42.6 Å². The Hall–Kier alpha value is -1.26. The molecule has 4 heteroatoms. The molecule has 0 radical (unpaired) electrons. The van der Waals surface area contributed by atoms with Crippen LogP contribution < -0.4 is 5.32 Å². The molecule has 102 valence electrons. The number of benzene rings is 1. The van der Waals surface area contributed by atoms with Crippen molar-refractivity contribution in [3.8, 4) is 0 Å². The van der Waals surface area contributed by atoms with Crippen molar-refractivity contribution in [3.05, 3.63) is 46.0 Å². The Morgan fingerprint density at radius 3 is 2.79 bits per heavy atom. The minimum atomic E-state index is 0.214. The van der Waals surface area contributed by atoms with Crippen LogP contribution in [0.25, 0.3) is 0 Å². The summed E-state index contributed by atoms with van der Waals surface area (Å²) in [6.45, 7) is 7.40. The maximum absolute atomic E-state index is 4.14. The highest BCUT2D eigenvalue weighted by Crippen LogP contribution is 2.27. The molecule has 1 aromatic heterocycles. The molecule has 3 nitrogen and oxygen atoms in total. The zero-order valence-electron chi connectivity index (χ0n) is 11.8. The zero-order chi connectivity index (χ0) is 13.7. The highest BCUT2D eigenvalue weighted by atomic mass is 32.1. The summed E-state index contributed by atoms with van der Waals surface area (Å²) in [6, 6.07) is 9.00. The Morgan fingerprint density at radius 2 is 2.16 bits per heavy atom. The molecule has 1 atom stereocenters. The van der Waals surface area contributed by atoms with E-state index in [9.17, 15) is 0 Å². The number of nitrogens with zero attached hydrogens (tertiary/aromatic N) is 2. The largest absolute Gasteiger partial charge is 0.305 e. The van der Waals surface area contributed by atoms with Gasteiger partial charge in [0.2, 0.25) is 0 Å². The standard InChI is InChI=1S/C15H21N3S/c1-4-9-16-14(15-11(3)17-18-19-15)13-8-6-7-12(5-2)10-13/h6-8,10,14,16H,4-5,9H2,1-3H3. The lowest BCUT2D eigenvalue weighted by atomic mass is 10.0. The number of hydrogen-bond acceptors (Lipinski definition) is 4. The molecule has 0 bridgehead atoms. The first-order valence-electron chi connectivity index (χ1n) is 6.87. The minimum Gasteiger partial charge on any atom is -0.305 e. The van der Waals surface area contributed by atoms with Crippen molar-refractivity contribution in [3.63, 3.8) is 0 Å². The molecule has 0 amide bonds. The molecule has 1 heterocycles. The van der Waals surface area contributed by atoms with E-state index in [1.54, 1.807) is 0 Å². The number of rotatable bonds is 6. The van der Waals surface area contributed by atoms with Crippen LogP contribution in [0, 0.1) is 6.92 Å². The Kier molecular flexibility index (Phi) is 5.05. The molecule has 19 heavy (non-hydrogen) atoms. The van der Waals surface area contributed by atoms with Gasteiger partial charge in [0.05, 0.1) is 16.6 Å². The second kappa shape index (κ2) is 6.78. The van der Waals surface area contributed by atoms with Crippen LogP contribution in [-0.4, -0.2) is 16.1 Å². The van der Waals surface area contributed by atoms with Crippen molar-refractivity contribution in [1.29, 1.82) is 0 Å². The van der Waals surface area contributed by atoms with Gasteiger partial charge in [-0.05, 0) is 49.0 Å². The van der Waals surface area contributed by atoms with E-state index < -0.39 is 0 Å². The average molecular weight is 275 g/mol.